The highest BCUT2D eigenvalue weighted by Crippen LogP contribution is 2.17. The lowest BCUT2D eigenvalue weighted by Crippen LogP contribution is -2.30. The summed E-state index contributed by atoms with van der Waals surface area (Å²) in [4.78, 5) is 12.8. The summed E-state index contributed by atoms with van der Waals surface area (Å²) in [5, 5.41) is 7.70. The van der Waals surface area contributed by atoms with Crippen molar-refractivity contribution < 1.29 is 8.42 Å². The van der Waals surface area contributed by atoms with Gasteiger partial charge in [-0.25, -0.2) is 13.2 Å². The molecular formula is C18H26N4O3S. The van der Waals surface area contributed by atoms with Gasteiger partial charge in [0.2, 0.25) is 0 Å². The Labute approximate surface area is 154 Å². The number of aryl methyl sites for hydroxylation is 1. The van der Waals surface area contributed by atoms with Gasteiger partial charge in [-0.2, -0.15) is 9.78 Å². The summed E-state index contributed by atoms with van der Waals surface area (Å²) in [5.74, 6) is 0.732. The minimum Gasteiger partial charge on any atom is -0.317 e. The number of piperidine rings is 1. The molecule has 7 nitrogen and oxygen atoms in total. The van der Waals surface area contributed by atoms with Crippen LogP contribution >= 0.6 is 0 Å². The largest absolute Gasteiger partial charge is 0.346 e. The Bertz CT molecular complexity index is 907. The Hall–Kier alpha value is -1.93. The van der Waals surface area contributed by atoms with E-state index >= 15 is 0 Å². The zero-order chi connectivity index (χ0) is 18.7. The van der Waals surface area contributed by atoms with Crippen molar-refractivity contribution in [1.82, 2.24) is 19.7 Å². The molecule has 0 unspecified atom stereocenters. The topological polar surface area (TPSA) is 86.0 Å². The molecule has 1 saturated heterocycles. The van der Waals surface area contributed by atoms with Crippen LogP contribution < -0.4 is 11.0 Å². The van der Waals surface area contributed by atoms with Crippen LogP contribution in [0, 0.1) is 12.8 Å². The van der Waals surface area contributed by atoms with E-state index in [0.717, 1.165) is 36.2 Å². The van der Waals surface area contributed by atoms with E-state index in [-0.39, 0.29) is 10.6 Å². The molecule has 8 heteroatoms. The van der Waals surface area contributed by atoms with Crippen LogP contribution in [0.5, 0.6) is 0 Å². The van der Waals surface area contributed by atoms with Crippen LogP contribution in [-0.2, 0) is 28.7 Å². The quantitative estimate of drug-likeness (QED) is 0.820. The zero-order valence-corrected chi connectivity index (χ0v) is 16.1. The van der Waals surface area contributed by atoms with Crippen molar-refractivity contribution in [3.8, 4) is 0 Å². The maximum Gasteiger partial charge on any atom is 0.346 e. The number of nitrogens with one attached hydrogen (secondary N) is 1. The van der Waals surface area contributed by atoms with Crippen molar-refractivity contribution in [1.29, 1.82) is 0 Å². The van der Waals surface area contributed by atoms with Gasteiger partial charge >= 0.3 is 5.69 Å². The summed E-state index contributed by atoms with van der Waals surface area (Å²) < 4.78 is 28.0. The molecule has 142 valence electrons. The Morgan fingerprint density at radius 3 is 2.46 bits per heavy atom. The second-order valence-corrected chi connectivity index (χ2v) is 8.86. The van der Waals surface area contributed by atoms with Gasteiger partial charge in [-0.05, 0) is 57.8 Å². The van der Waals surface area contributed by atoms with E-state index in [9.17, 15) is 13.2 Å². The SMILES string of the molecule is CCn1c(CC2CCNCC2)nn(CS(=O)(=O)c2ccc(C)cc2)c1=O. The number of hydrogen-bond acceptors (Lipinski definition) is 5. The first kappa shape index (κ1) is 18.8. The molecule has 0 saturated carbocycles. The highest BCUT2D eigenvalue weighted by molar-refractivity contribution is 7.90. The van der Waals surface area contributed by atoms with Crippen molar-refractivity contribution in [3.63, 3.8) is 0 Å². The number of sulfone groups is 1. The number of hydrogen-bond donors (Lipinski definition) is 1. The molecule has 0 amide bonds. The van der Waals surface area contributed by atoms with Gasteiger partial charge in [-0.1, -0.05) is 17.7 Å². The summed E-state index contributed by atoms with van der Waals surface area (Å²) in [6.07, 6.45) is 2.81. The molecule has 1 aromatic heterocycles. The second-order valence-electron chi connectivity index (χ2n) is 6.90. The van der Waals surface area contributed by atoms with Crippen LogP contribution in [0.25, 0.3) is 0 Å². The summed E-state index contributed by atoms with van der Waals surface area (Å²) in [7, 11) is -3.62. The Morgan fingerprint density at radius 2 is 1.85 bits per heavy atom. The smallest absolute Gasteiger partial charge is 0.317 e. The monoisotopic (exact) mass is 378 g/mol. The zero-order valence-electron chi connectivity index (χ0n) is 15.3. The van der Waals surface area contributed by atoms with E-state index in [1.807, 2.05) is 13.8 Å². The lowest BCUT2D eigenvalue weighted by atomic mass is 9.94. The van der Waals surface area contributed by atoms with E-state index in [4.69, 9.17) is 0 Å². The van der Waals surface area contributed by atoms with Gasteiger partial charge < -0.3 is 5.32 Å². The first-order valence-electron chi connectivity index (χ1n) is 9.07. The molecule has 0 atom stereocenters. The minimum atomic E-state index is -3.62. The molecule has 0 radical (unpaired) electrons. The van der Waals surface area contributed by atoms with Crippen LogP contribution in [-0.4, -0.2) is 35.9 Å². The van der Waals surface area contributed by atoms with Crippen molar-refractivity contribution in [2.45, 2.75) is 50.4 Å². The van der Waals surface area contributed by atoms with Crippen LogP contribution in [0.2, 0.25) is 0 Å². The Balaban J connectivity index is 1.85. The van der Waals surface area contributed by atoms with Crippen molar-refractivity contribution in [2.75, 3.05) is 13.1 Å². The maximum absolute atomic E-state index is 12.6. The molecule has 1 aliphatic heterocycles. The molecule has 0 spiro atoms. The molecule has 26 heavy (non-hydrogen) atoms. The van der Waals surface area contributed by atoms with Gasteiger partial charge in [0.15, 0.2) is 15.7 Å². The van der Waals surface area contributed by atoms with Gasteiger partial charge in [0.05, 0.1) is 4.90 Å². The van der Waals surface area contributed by atoms with Gasteiger partial charge in [0.1, 0.15) is 5.82 Å². The third-order valence-corrected chi connectivity index (χ3v) is 6.49. The highest BCUT2D eigenvalue weighted by atomic mass is 32.2. The van der Waals surface area contributed by atoms with Crippen LogP contribution in [0.4, 0.5) is 0 Å². The molecule has 1 N–H and O–H groups in total. The maximum atomic E-state index is 12.6. The molecule has 2 heterocycles. The number of nitrogens with zero attached hydrogens (tertiary/aromatic N) is 3. The van der Waals surface area contributed by atoms with Crippen LogP contribution in [0.15, 0.2) is 34.0 Å². The van der Waals surface area contributed by atoms with Crippen molar-refractivity contribution in [3.05, 3.63) is 46.1 Å². The Morgan fingerprint density at radius 1 is 1.19 bits per heavy atom. The van der Waals surface area contributed by atoms with E-state index in [2.05, 4.69) is 10.4 Å². The normalized spacial score (nSPS) is 16.1. The van der Waals surface area contributed by atoms with E-state index < -0.39 is 15.7 Å². The minimum absolute atomic E-state index is 0.209. The first-order chi connectivity index (χ1) is 12.4. The van der Waals surface area contributed by atoms with Gasteiger partial charge in [0, 0.05) is 13.0 Å². The third-order valence-electron chi connectivity index (χ3n) is 4.92. The second kappa shape index (κ2) is 7.75. The summed E-state index contributed by atoms with van der Waals surface area (Å²) >= 11 is 0. The molecule has 0 bridgehead atoms. The van der Waals surface area contributed by atoms with Crippen molar-refractivity contribution in [2.24, 2.45) is 5.92 Å². The predicted octanol–water partition coefficient (Wildman–Crippen LogP) is 1.35. The first-order valence-corrected chi connectivity index (χ1v) is 10.7. The predicted molar refractivity (Wildman–Crippen MR) is 99.8 cm³/mol. The number of rotatable bonds is 6. The highest BCUT2D eigenvalue weighted by Gasteiger charge is 2.22. The number of aromatic nitrogens is 3. The van der Waals surface area contributed by atoms with Gasteiger partial charge in [0.25, 0.3) is 0 Å². The fourth-order valence-electron chi connectivity index (χ4n) is 3.36. The van der Waals surface area contributed by atoms with E-state index in [0.29, 0.717) is 24.7 Å². The molecule has 0 aliphatic carbocycles. The Kier molecular flexibility index (Phi) is 5.62. The van der Waals surface area contributed by atoms with E-state index in [1.54, 1.807) is 28.8 Å². The molecule has 1 aliphatic rings. The molecular weight excluding hydrogens is 352 g/mol. The van der Waals surface area contributed by atoms with E-state index in [1.165, 1.54) is 0 Å². The molecule has 2 aromatic rings. The fourth-order valence-corrected chi connectivity index (χ4v) is 4.55. The van der Waals surface area contributed by atoms with Crippen LogP contribution in [0.1, 0.15) is 31.2 Å². The van der Waals surface area contributed by atoms with Gasteiger partial charge in [-0.3, -0.25) is 4.57 Å². The average molecular weight is 378 g/mol. The van der Waals surface area contributed by atoms with Crippen LogP contribution in [0.3, 0.4) is 0 Å². The fraction of sp³-hybridized carbons (Fsp3) is 0.556. The lowest BCUT2D eigenvalue weighted by Gasteiger charge is -2.21. The molecule has 1 aromatic carbocycles. The van der Waals surface area contributed by atoms with Crippen molar-refractivity contribution >= 4 is 9.84 Å². The molecule has 1 fully saturated rings. The van der Waals surface area contributed by atoms with Gasteiger partial charge in [-0.15, -0.1) is 0 Å². The summed E-state index contributed by atoms with van der Waals surface area (Å²) in [6.45, 7) is 6.22. The summed E-state index contributed by atoms with van der Waals surface area (Å²) in [5.41, 5.74) is 0.632. The average Bonchev–Trinajstić information content (AvgIpc) is 2.90. The third kappa shape index (κ3) is 4.07. The summed E-state index contributed by atoms with van der Waals surface area (Å²) in [6, 6.07) is 6.65. The number of benzene rings is 1. The lowest BCUT2D eigenvalue weighted by molar-refractivity contribution is 0.362. The standard InChI is InChI=1S/C18H26N4O3S/c1-3-21-17(12-15-8-10-19-11-9-15)20-22(18(21)23)13-26(24,25)16-6-4-14(2)5-7-16/h4-7,15,19H,3,8-13H2,1-2H3. The molecule has 3 rings (SSSR count).